The number of hydrogen-bond acceptors (Lipinski definition) is 3. The highest BCUT2D eigenvalue weighted by Crippen LogP contribution is 2.29. The van der Waals surface area contributed by atoms with Crippen LogP contribution in [0.4, 0.5) is 5.69 Å². The molecule has 1 aromatic rings. The molecule has 2 aliphatic rings. The molecule has 0 spiro atoms. The van der Waals surface area contributed by atoms with Crippen LogP contribution in [-0.4, -0.2) is 17.9 Å². The van der Waals surface area contributed by atoms with Crippen molar-refractivity contribution in [3.05, 3.63) is 41.1 Å². The second-order valence-electron chi connectivity index (χ2n) is 5.45. The van der Waals surface area contributed by atoms with Gasteiger partial charge in [0.15, 0.2) is 0 Å². The van der Waals surface area contributed by atoms with E-state index < -0.39 is 5.91 Å². The zero-order chi connectivity index (χ0) is 14.8. The highest BCUT2D eigenvalue weighted by atomic mass is 35.5. The second kappa shape index (κ2) is 5.90. The molecule has 5 heteroatoms. The summed E-state index contributed by atoms with van der Waals surface area (Å²) < 4.78 is 0. The largest absolute Gasteiger partial charge is 0.376 e. The van der Waals surface area contributed by atoms with Gasteiger partial charge in [-0.3, -0.25) is 9.59 Å². The number of carbonyl (C=O) groups is 2. The van der Waals surface area contributed by atoms with Crippen molar-refractivity contribution < 1.29 is 9.59 Å². The van der Waals surface area contributed by atoms with Crippen molar-refractivity contribution in [2.75, 3.05) is 4.90 Å². The van der Waals surface area contributed by atoms with Crippen LogP contribution in [0, 0.1) is 0 Å². The summed E-state index contributed by atoms with van der Waals surface area (Å²) in [7, 11) is 0. The average molecular weight is 305 g/mol. The molecule has 1 saturated carbocycles. The smallest absolute Gasteiger partial charge is 0.283 e. The van der Waals surface area contributed by atoms with E-state index in [1.165, 1.54) is 6.42 Å². The van der Waals surface area contributed by atoms with Gasteiger partial charge in [-0.15, -0.1) is 0 Å². The maximum Gasteiger partial charge on any atom is 0.283 e. The lowest BCUT2D eigenvalue weighted by Gasteiger charge is -2.24. The molecule has 110 valence electrons. The normalized spacial score (nSPS) is 20.3. The maximum atomic E-state index is 12.5. The zero-order valence-electron chi connectivity index (χ0n) is 11.6. The second-order valence-corrected chi connectivity index (χ2v) is 5.83. The summed E-state index contributed by atoms with van der Waals surface area (Å²) in [4.78, 5) is 25.9. The Morgan fingerprint density at radius 1 is 1.00 bits per heavy atom. The molecule has 21 heavy (non-hydrogen) atoms. The fourth-order valence-corrected chi connectivity index (χ4v) is 3.11. The number of benzene rings is 1. The Balaban J connectivity index is 1.81. The van der Waals surface area contributed by atoms with Gasteiger partial charge >= 0.3 is 0 Å². The third-order valence-electron chi connectivity index (χ3n) is 4.00. The van der Waals surface area contributed by atoms with Crippen molar-refractivity contribution >= 4 is 29.1 Å². The van der Waals surface area contributed by atoms with Gasteiger partial charge in [0.2, 0.25) is 0 Å². The molecule has 0 atom stereocenters. The zero-order valence-corrected chi connectivity index (χ0v) is 12.4. The predicted molar refractivity (Wildman–Crippen MR) is 81.8 cm³/mol. The molecule has 1 aromatic carbocycles. The highest BCUT2D eigenvalue weighted by Gasteiger charge is 2.39. The monoisotopic (exact) mass is 304 g/mol. The van der Waals surface area contributed by atoms with Gasteiger partial charge in [-0.1, -0.05) is 49.1 Å². The molecule has 0 radical (unpaired) electrons. The van der Waals surface area contributed by atoms with Gasteiger partial charge in [-0.25, -0.2) is 4.90 Å². The number of carbonyl (C=O) groups excluding carboxylic acids is 2. The van der Waals surface area contributed by atoms with Gasteiger partial charge in [0.1, 0.15) is 10.7 Å². The molecule has 0 saturated heterocycles. The summed E-state index contributed by atoms with van der Waals surface area (Å²) in [5, 5.41) is 3.18. The van der Waals surface area contributed by atoms with Gasteiger partial charge in [-0.2, -0.15) is 0 Å². The standard InChI is InChI=1S/C16H17ClN2O2/c17-13-14(18-11-7-3-1-4-8-11)16(21)19(15(13)20)12-9-5-2-6-10-12/h2,5-6,9-11,18H,1,3-4,7-8H2. The van der Waals surface area contributed by atoms with E-state index in [2.05, 4.69) is 5.32 Å². The molecule has 3 rings (SSSR count). The van der Waals surface area contributed by atoms with Crippen LogP contribution in [0.5, 0.6) is 0 Å². The first-order valence-corrected chi connectivity index (χ1v) is 7.66. The number of hydrogen-bond donors (Lipinski definition) is 1. The van der Waals surface area contributed by atoms with Crippen molar-refractivity contribution in [2.24, 2.45) is 0 Å². The van der Waals surface area contributed by atoms with E-state index in [1.807, 2.05) is 6.07 Å². The molecule has 0 unspecified atom stereocenters. The van der Waals surface area contributed by atoms with E-state index in [0.29, 0.717) is 5.69 Å². The van der Waals surface area contributed by atoms with Crippen LogP contribution in [0.25, 0.3) is 0 Å². The summed E-state index contributed by atoms with van der Waals surface area (Å²) >= 11 is 6.09. The molecular weight excluding hydrogens is 288 g/mol. The lowest BCUT2D eigenvalue weighted by Crippen LogP contribution is -2.37. The summed E-state index contributed by atoms with van der Waals surface area (Å²) in [6.07, 6.45) is 5.55. The molecular formula is C16H17ClN2O2. The first-order chi connectivity index (χ1) is 10.2. The molecule has 1 heterocycles. The topological polar surface area (TPSA) is 49.4 Å². The van der Waals surface area contributed by atoms with E-state index in [0.717, 1.165) is 30.6 Å². The van der Waals surface area contributed by atoms with Crippen LogP contribution in [-0.2, 0) is 9.59 Å². The minimum absolute atomic E-state index is 0.00516. The number of para-hydroxylation sites is 1. The molecule has 1 fully saturated rings. The van der Waals surface area contributed by atoms with Gasteiger partial charge in [0, 0.05) is 6.04 Å². The molecule has 1 aliphatic heterocycles. The number of halogens is 1. The Morgan fingerprint density at radius 2 is 1.67 bits per heavy atom. The van der Waals surface area contributed by atoms with Gasteiger partial charge < -0.3 is 5.32 Å². The minimum Gasteiger partial charge on any atom is -0.376 e. The summed E-state index contributed by atoms with van der Waals surface area (Å²) in [5.74, 6) is -0.812. The lowest BCUT2D eigenvalue weighted by atomic mass is 9.95. The van der Waals surface area contributed by atoms with Crippen molar-refractivity contribution in [1.29, 1.82) is 0 Å². The van der Waals surface area contributed by atoms with E-state index >= 15 is 0 Å². The Hall–Kier alpha value is -1.81. The molecule has 1 N–H and O–H groups in total. The van der Waals surface area contributed by atoms with E-state index in [-0.39, 0.29) is 22.7 Å². The van der Waals surface area contributed by atoms with Gasteiger partial charge in [0.25, 0.3) is 11.8 Å². The number of anilines is 1. The summed E-state index contributed by atoms with van der Waals surface area (Å²) in [6, 6.07) is 9.10. The first-order valence-electron chi connectivity index (χ1n) is 7.28. The molecule has 1 aliphatic carbocycles. The van der Waals surface area contributed by atoms with Crippen molar-refractivity contribution in [2.45, 2.75) is 38.1 Å². The van der Waals surface area contributed by atoms with Crippen molar-refractivity contribution in [3.63, 3.8) is 0 Å². The minimum atomic E-state index is -0.453. The fraction of sp³-hybridized carbons (Fsp3) is 0.375. The van der Waals surface area contributed by atoms with Crippen LogP contribution in [0.15, 0.2) is 41.1 Å². The number of rotatable bonds is 3. The number of imide groups is 1. The molecule has 2 amide bonds. The van der Waals surface area contributed by atoms with Crippen molar-refractivity contribution in [1.82, 2.24) is 5.32 Å². The fourth-order valence-electron chi connectivity index (χ4n) is 2.89. The van der Waals surface area contributed by atoms with Crippen LogP contribution in [0.3, 0.4) is 0 Å². The van der Waals surface area contributed by atoms with E-state index in [4.69, 9.17) is 11.6 Å². The Kier molecular flexibility index (Phi) is 3.97. The predicted octanol–water partition coefficient (Wildman–Crippen LogP) is 2.93. The SMILES string of the molecule is O=C1C(Cl)=C(NC2CCCCC2)C(=O)N1c1ccccc1. The van der Waals surface area contributed by atoms with Crippen LogP contribution < -0.4 is 10.2 Å². The van der Waals surface area contributed by atoms with Crippen LogP contribution >= 0.6 is 11.6 Å². The molecule has 0 aromatic heterocycles. The summed E-state index contributed by atoms with van der Waals surface area (Å²) in [6.45, 7) is 0. The molecule has 0 bridgehead atoms. The maximum absolute atomic E-state index is 12.5. The van der Waals surface area contributed by atoms with E-state index in [1.54, 1.807) is 24.3 Å². The number of nitrogens with zero attached hydrogens (tertiary/aromatic N) is 1. The van der Waals surface area contributed by atoms with Crippen molar-refractivity contribution in [3.8, 4) is 0 Å². The Labute approximate surface area is 128 Å². The van der Waals surface area contributed by atoms with Crippen LogP contribution in [0.1, 0.15) is 32.1 Å². The summed E-state index contributed by atoms with van der Waals surface area (Å²) in [5.41, 5.74) is 0.795. The van der Waals surface area contributed by atoms with Gasteiger partial charge in [0.05, 0.1) is 5.69 Å². The third-order valence-corrected chi connectivity index (χ3v) is 4.35. The lowest BCUT2D eigenvalue weighted by molar-refractivity contribution is -0.120. The molecule has 4 nitrogen and oxygen atoms in total. The third kappa shape index (κ3) is 2.68. The Morgan fingerprint density at radius 3 is 2.33 bits per heavy atom. The van der Waals surface area contributed by atoms with Crippen LogP contribution in [0.2, 0.25) is 0 Å². The quantitative estimate of drug-likeness (QED) is 0.874. The Bertz CT molecular complexity index is 592. The number of nitrogens with one attached hydrogen (secondary N) is 1. The van der Waals surface area contributed by atoms with E-state index in [9.17, 15) is 9.59 Å². The average Bonchev–Trinajstić information content (AvgIpc) is 2.73. The van der Waals surface area contributed by atoms with Gasteiger partial charge in [-0.05, 0) is 25.0 Å². The first kappa shape index (κ1) is 14.1. The highest BCUT2D eigenvalue weighted by molar-refractivity contribution is 6.52. The number of amides is 2.